The van der Waals surface area contributed by atoms with E-state index < -0.39 is 44.6 Å². The molecule has 10 heteroatoms. The molecule has 8 nitrogen and oxygen atoms in total. The predicted molar refractivity (Wildman–Crippen MR) is 42.0 cm³/mol. The Kier molecular flexibility index (Phi) is 5.48. The maximum absolute atomic E-state index is 11.5. The van der Waals surface area contributed by atoms with Crippen LogP contribution in [0.1, 0.15) is 26.3 Å². The summed E-state index contributed by atoms with van der Waals surface area (Å²) in [5.74, 6) is -2.67. The third kappa shape index (κ3) is 4.31. The summed E-state index contributed by atoms with van der Waals surface area (Å²) in [6.07, 6.45) is 0. The van der Waals surface area contributed by atoms with Crippen LogP contribution in [0.15, 0.2) is 18.2 Å². The van der Waals surface area contributed by atoms with Gasteiger partial charge in [0.2, 0.25) is 0 Å². The molecule has 104 valence electrons. The summed E-state index contributed by atoms with van der Waals surface area (Å²) in [7, 11) is -5.55. The van der Waals surface area contributed by atoms with Gasteiger partial charge in [0.15, 0.2) is 0 Å². The molecule has 0 aliphatic heterocycles. The highest BCUT2D eigenvalue weighted by atomic mass is 35.6. The Morgan fingerprint density at radius 1 is 1.00 bits per heavy atom. The van der Waals surface area contributed by atoms with Crippen molar-refractivity contribution in [3.63, 3.8) is 0 Å². The summed E-state index contributed by atoms with van der Waals surface area (Å²) >= 11 is 0. The second-order valence-corrected chi connectivity index (χ2v) is 4.17. The molecule has 0 atom stereocenters. The molecule has 0 aliphatic carbocycles. The van der Waals surface area contributed by atoms with Gasteiger partial charge >= 0.3 is 33.5 Å². The summed E-state index contributed by atoms with van der Waals surface area (Å²) < 4.78 is 48.7. The number of hydrogen-bond donors (Lipinski definition) is 0. The topological polar surface area (TPSA) is 145 Å². The van der Waals surface area contributed by atoms with Crippen LogP contribution in [0.5, 0.6) is 0 Å². The van der Waals surface area contributed by atoms with Crippen LogP contribution < -0.4 is 18.6 Å². The largest absolute Gasteiger partial charge is 0.453 e. The minimum absolute atomic E-state index is 0.214. The normalized spacial score (nSPS) is 10.7. The van der Waals surface area contributed by atoms with Crippen LogP contribution in [0.25, 0.3) is 0 Å². The van der Waals surface area contributed by atoms with E-state index in [2.05, 4.69) is 8.58 Å². The Bertz CT molecular complexity index is 487. The number of benzene rings is 1. The first-order valence-electron chi connectivity index (χ1n) is 4.49. The average molecular weight is 313 g/mol. The van der Waals surface area contributed by atoms with Gasteiger partial charge in [-0.05, 0) is 18.6 Å². The highest BCUT2D eigenvalue weighted by Gasteiger charge is 2.32. The maximum Gasteiger partial charge on any atom is 0.453 e. The zero-order valence-corrected chi connectivity index (χ0v) is 10.8. The molecule has 1 aromatic rings. The Morgan fingerprint density at radius 2 is 1.53 bits per heavy atom. The molecule has 1 aromatic carbocycles. The van der Waals surface area contributed by atoms with Crippen molar-refractivity contribution in [2.45, 2.75) is 6.92 Å². The molecule has 0 fully saturated rings. The second-order valence-electron chi connectivity index (χ2n) is 3.10. The van der Waals surface area contributed by atoms with E-state index in [0.29, 0.717) is 0 Å². The second kappa shape index (κ2) is 6.66. The lowest BCUT2D eigenvalue weighted by Crippen LogP contribution is -2.38. The summed E-state index contributed by atoms with van der Waals surface area (Å²) in [6.45, 7) is 1.40. The van der Waals surface area contributed by atoms with Crippen molar-refractivity contribution in [2.24, 2.45) is 0 Å². The van der Waals surface area contributed by atoms with Crippen molar-refractivity contribution in [1.29, 1.82) is 0 Å². The highest BCUT2D eigenvalue weighted by molar-refractivity contribution is 6.03. The lowest BCUT2D eigenvalue weighted by Gasteiger charge is -2.04. The number of carbonyl (C=O) groups is 2. The van der Waals surface area contributed by atoms with Crippen LogP contribution in [0.2, 0.25) is 0 Å². The molecule has 0 heterocycles. The van der Waals surface area contributed by atoms with E-state index in [9.17, 15) is 28.2 Å². The Hall–Kier alpha value is -1.42. The Balaban J connectivity index is 3.15. The molecule has 0 N–H and O–H groups in total. The van der Waals surface area contributed by atoms with Crippen molar-refractivity contribution in [3.05, 3.63) is 34.9 Å². The third-order valence-electron chi connectivity index (χ3n) is 1.96. The Morgan fingerprint density at radius 3 is 2.05 bits per heavy atom. The molecular formula is C9H6Cl2O8. The lowest BCUT2D eigenvalue weighted by molar-refractivity contribution is -1.62. The molecule has 0 spiro atoms. The number of halogens is 2. The van der Waals surface area contributed by atoms with Gasteiger partial charge in [0.1, 0.15) is 0 Å². The number of aryl methyl sites for hydroxylation is 1. The van der Waals surface area contributed by atoms with E-state index in [-0.39, 0.29) is 5.56 Å². The number of rotatable bonds is 4. The van der Waals surface area contributed by atoms with Crippen LogP contribution >= 0.6 is 0 Å². The lowest BCUT2D eigenvalue weighted by atomic mass is 10.0. The molecule has 0 aliphatic rings. The van der Waals surface area contributed by atoms with Crippen molar-refractivity contribution in [1.82, 2.24) is 0 Å². The summed E-state index contributed by atoms with van der Waals surface area (Å²) in [5, 5.41) is 0. The minimum atomic E-state index is -2.77. The van der Waals surface area contributed by atoms with Crippen LogP contribution in [0, 0.1) is 28.5 Å². The first-order chi connectivity index (χ1) is 8.82. The van der Waals surface area contributed by atoms with Crippen LogP contribution in [0.3, 0.4) is 0 Å². The van der Waals surface area contributed by atoms with E-state index in [1.54, 1.807) is 0 Å². The molecule has 0 saturated heterocycles. The first kappa shape index (κ1) is 15.6. The highest BCUT2D eigenvalue weighted by Crippen LogP contribution is 2.17. The van der Waals surface area contributed by atoms with Gasteiger partial charge in [0.25, 0.3) is 0 Å². The van der Waals surface area contributed by atoms with Gasteiger partial charge in [-0.3, -0.25) is 0 Å². The van der Waals surface area contributed by atoms with Gasteiger partial charge in [0.05, 0.1) is 11.1 Å². The van der Waals surface area contributed by atoms with E-state index >= 15 is 0 Å². The number of carbonyl (C=O) groups excluding carboxylic acids is 2. The third-order valence-corrected chi connectivity index (χ3v) is 2.50. The maximum atomic E-state index is 11.5. The quantitative estimate of drug-likeness (QED) is 0.556. The SMILES string of the molecule is Cc1cccc(C(=O)O[Cl+2]([O-])[O-])c1C(=O)O[Cl+2]([O-])[O-]. The van der Waals surface area contributed by atoms with Crippen molar-refractivity contribution in [2.75, 3.05) is 0 Å². The molecule has 0 aromatic heterocycles. The van der Waals surface area contributed by atoms with Crippen LogP contribution in [0.4, 0.5) is 0 Å². The molecule has 0 bridgehead atoms. The monoisotopic (exact) mass is 312 g/mol. The van der Waals surface area contributed by atoms with Gasteiger partial charge in [0, 0.05) is 0 Å². The average Bonchev–Trinajstić information content (AvgIpc) is 2.26. The molecule has 0 radical (unpaired) electrons. The fourth-order valence-corrected chi connectivity index (χ4v) is 1.69. The first-order valence-corrected chi connectivity index (χ1v) is 6.34. The molecular weight excluding hydrogens is 307 g/mol. The van der Waals surface area contributed by atoms with Crippen LogP contribution in [-0.2, 0) is 8.58 Å². The predicted octanol–water partition coefficient (Wildman–Crippen LogP) is -3.52. The van der Waals surface area contributed by atoms with Crippen LogP contribution in [-0.4, -0.2) is 11.9 Å². The summed E-state index contributed by atoms with van der Waals surface area (Å²) in [6, 6.07) is 3.86. The fourth-order valence-electron chi connectivity index (χ4n) is 1.30. The fraction of sp³-hybridized carbons (Fsp3) is 0.111. The smallest absolute Gasteiger partial charge is 0.307 e. The van der Waals surface area contributed by atoms with Gasteiger partial charge in [-0.25, -0.2) is 9.59 Å². The minimum Gasteiger partial charge on any atom is -0.307 e. The van der Waals surface area contributed by atoms with Gasteiger partial charge in [-0.1, -0.05) is 20.7 Å². The van der Waals surface area contributed by atoms with Crippen molar-refractivity contribution >= 4 is 11.9 Å². The summed E-state index contributed by atoms with van der Waals surface area (Å²) in [5.41, 5.74) is -0.621. The van der Waals surface area contributed by atoms with E-state index in [4.69, 9.17) is 0 Å². The standard InChI is InChI=1S/C9H6Cl2O8/c1-5-3-2-4-6(8(12)18-10(14)15)7(5)9(13)19-11(16)17/h2-4H,1H3. The van der Waals surface area contributed by atoms with Gasteiger partial charge < -0.3 is 18.6 Å². The Labute approximate surface area is 113 Å². The van der Waals surface area contributed by atoms with E-state index in [0.717, 1.165) is 6.07 Å². The molecule has 19 heavy (non-hydrogen) atoms. The van der Waals surface area contributed by atoms with Crippen molar-refractivity contribution in [3.8, 4) is 0 Å². The zero-order chi connectivity index (χ0) is 14.6. The molecule has 0 unspecified atom stereocenters. The summed E-state index contributed by atoms with van der Waals surface area (Å²) in [4.78, 5) is 22.9. The van der Waals surface area contributed by atoms with E-state index in [1.807, 2.05) is 0 Å². The van der Waals surface area contributed by atoms with Gasteiger partial charge in [-0.15, -0.1) is 0 Å². The van der Waals surface area contributed by atoms with E-state index in [1.165, 1.54) is 19.1 Å². The van der Waals surface area contributed by atoms with Gasteiger partial charge in [-0.2, -0.15) is 0 Å². The molecule has 0 saturated carbocycles. The van der Waals surface area contributed by atoms with Crippen molar-refractivity contribution < 1.29 is 58.4 Å². The number of hydrogen-bond acceptors (Lipinski definition) is 8. The zero-order valence-electron chi connectivity index (χ0n) is 9.25. The molecule has 0 amide bonds. The molecule has 1 rings (SSSR count).